The van der Waals surface area contributed by atoms with Crippen LogP contribution in [0.1, 0.15) is 48.7 Å². The predicted octanol–water partition coefficient (Wildman–Crippen LogP) is 4.28. The highest BCUT2D eigenvalue weighted by atomic mass is 79.9. The van der Waals surface area contributed by atoms with Crippen molar-refractivity contribution in [1.82, 2.24) is 14.7 Å². The van der Waals surface area contributed by atoms with Gasteiger partial charge < -0.3 is 0 Å². The fourth-order valence-electron chi connectivity index (χ4n) is 2.27. The molecule has 1 N–H and O–H groups in total. The third-order valence-electron chi connectivity index (χ3n) is 3.95. The average Bonchev–Trinajstić information content (AvgIpc) is 3.45. The summed E-state index contributed by atoms with van der Waals surface area (Å²) in [5.74, 6) is 0.398. The van der Waals surface area contributed by atoms with E-state index in [1.165, 1.54) is 6.20 Å². The number of aromatic nitrogens is 2. The van der Waals surface area contributed by atoms with Crippen molar-refractivity contribution in [2.75, 3.05) is 0 Å². The minimum absolute atomic E-state index is 0.151. The second kappa shape index (κ2) is 9.86. The summed E-state index contributed by atoms with van der Waals surface area (Å²) in [5, 5.41) is -0.418. The lowest BCUT2D eigenvalue weighted by atomic mass is 10.1. The summed E-state index contributed by atoms with van der Waals surface area (Å²) < 4.78 is 28.5. The minimum Gasteiger partial charge on any atom is -0.298 e. The highest BCUT2D eigenvalue weighted by Crippen LogP contribution is 2.41. The number of nitrogens with zero attached hydrogens (tertiary/aromatic N) is 2. The van der Waals surface area contributed by atoms with Gasteiger partial charge in [-0.25, -0.2) is 13.1 Å². The minimum atomic E-state index is -3.26. The largest absolute Gasteiger partial charge is 0.298 e. The smallest absolute Gasteiger partial charge is 0.214 e. The standard InChI is InChI=1S/C12H17BrN2O2S.C6H4BrNO/c1-8(2)18(16,17)15-12(9-3-4-9)10-5-11(13)7-14-6-10;7-6-1-5(4-9)2-8-3-6/h5-9,12,15H,3-4H2,1-2H3;1-4H. The van der Waals surface area contributed by atoms with Crippen LogP contribution in [0, 0.1) is 5.92 Å². The quantitative estimate of drug-likeness (QED) is 0.576. The number of pyridine rings is 2. The Morgan fingerprint density at radius 2 is 1.67 bits per heavy atom. The van der Waals surface area contributed by atoms with E-state index < -0.39 is 15.3 Å². The van der Waals surface area contributed by atoms with Crippen LogP contribution >= 0.6 is 31.9 Å². The van der Waals surface area contributed by atoms with E-state index in [2.05, 4.69) is 46.5 Å². The number of rotatable bonds is 6. The lowest BCUT2D eigenvalue weighted by Gasteiger charge is -2.20. The van der Waals surface area contributed by atoms with Crippen molar-refractivity contribution in [3.8, 4) is 0 Å². The Morgan fingerprint density at radius 3 is 2.11 bits per heavy atom. The fraction of sp³-hybridized carbons (Fsp3) is 0.389. The highest BCUT2D eigenvalue weighted by molar-refractivity contribution is 9.10. The van der Waals surface area contributed by atoms with Gasteiger partial charge in [-0.3, -0.25) is 14.8 Å². The Kier molecular flexibility index (Phi) is 8.08. The first-order chi connectivity index (χ1) is 12.7. The zero-order valence-corrected chi connectivity index (χ0v) is 19.0. The van der Waals surface area contributed by atoms with Crippen LogP contribution in [0.3, 0.4) is 0 Å². The van der Waals surface area contributed by atoms with Crippen molar-refractivity contribution in [3.05, 3.63) is 57.0 Å². The van der Waals surface area contributed by atoms with Gasteiger partial charge >= 0.3 is 0 Å². The van der Waals surface area contributed by atoms with Crippen LogP contribution in [0.5, 0.6) is 0 Å². The number of hydrogen-bond acceptors (Lipinski definition) is 5. The number of halogens is 2. The van der Waals surface area contributed by atoms with Gasteiger partial charge in [-0.1, -0.05) is 0 Å². The van der Waals surface area contributed by atoms with Gasteiger partial charge in [-0.2, -0.15) is 0 Å². The van der Waals surface area contributed by atoms with Gasteiger partial charge in [0.2, 0.25) is 10.0 Å². The average molecular weight is 519 g/mol. The Hall–Kier alpha value is -1.16. The van der Waals surface area contributed by atoms with E-state index in [0.29, 0.717) is 11.5 Å². The van der Waals surface area contributed by atoms with E-state index in [9.17, 15) is 13.2 Å². The number of hydrogen-bond donors (Lipinski definition) is 1. The molecule has 1 fully saturated rings. The molecule has 0 spiro atoms. The molecule has 3 rings (SSSR count). The SMILES string of the molecule is CC(C)S(=O)(=O)NC(c1cncc(Br)c1)C1CC1.O=Cc1cncc(Br)c1. The van der Waals surface area contributed by atoms with Crippen molar-refractivity contribution in [1.29, 1.82) is 0 Å². The second-order valence-corrected chi connectivity index (χ2v) is 10.6. The van der Waals surface area contributed by atoms with Gasteiger partial charge in [0.05, 0.1) is 11.3 Å². The van der Waals surface area contributed by atoms with Crippen molar-refractivity contribution >= 4 is 48.2 Å². The number of aldehydes is 1. The molecule has 1 unspecified atom stereocenters. The Labute approximate surface area is 176 Å². The van der Waals surface area contributed by atoms with Crippen molar-refractivity contribution in [3.63, 3.8) is 0 Å². The molecule has 0 amide bonds. The lowest BCUT2D eigenvalue weighted by molar-refractivity contribution is 0.112. The molecule has 146 valence electrons. The van der Waals surface area contributed by atoms with E-state index in [1.54, 1.807) is 38.5 Å². The molecule has 0 aliphatic heterocycles. The number of nitrogens with one attached hydrogen (secondary N) is 1. The van der Waals surface area contributed by atoms with Gasteiger partial charge in [-0.05, 0) is 82.2 Å². The maximum absolute atomic E-state index is 12.0. The van der Waals surface area contributed by atoms with Crippen LogP contribution in [-0.2, 0) is 10.0 Å². The zero-order valence-electron chi connectivity index (χ0n) is 15.0. The monoisotopic (exact) mass is 517 g/mol. The lowest BCUT2D eigenvalue weighted by Crippen LogP contribution is -2.35. The molecule has 1 aliphatic carbocycles. The topological polar surface area (TPSA) is 89.0 Å². The molecule has 6 nitrogen and oxygen atoms in total. The summed E-state index contributed by atoms with van der Waals surface area (Å²) in [7, 11) is -3.26. The van der Waals surface area contributed by atoms with Crippen LogP contribution in [0.2, 0.25) is 0 Å². The van der Waals surface area contributed by atoms with Crippen molar-refractivity contribution < 1.29 is 13.2 Å². The molecular formula is C18H21Br2N3O3S. The predicted molar refractivity (Wildman–Crippen MR) is 112 cm³/mol. The summed E-state index contributed by atoms with van der Waals surface area (Å²) in [6.07, 6.45) is 9.47. The van der Waals surface area contributed by atoms with Gasteiger partial charge in [-0.15, -0.1) is 0 Å². The second-order valence-electron chi connectivity index (χ2n) is 6.52. The molecule has 9 heteroatoms. The molecule has 2 heterocycles. The Morgan fingerprint density at radius 1 is 1.07 bits per heavy atom. The maximum Gasteiger partial charge on any atom is 0.214 e. The van der Waals surface area contributed by atoms with Gasteiger partial charge in [0.15, 0.2) is 6.29 Å². The molecule has 2 aromatic rings. The third-order valence-corrected chi connectivity index (χ3v) is 6.64. The van der Waals surface area contributed by atoms with E-state index >= 15 is 0 Å². The molecule has 0 saturated heterocycles. The van der Waals surface area contributed by atoms with Gasteiger partial charge in [0.1, 0.15) is 0 Å². The summed E-state index contributed by atoms with van der Waals surface area (Å²) in [4.78, 5) is 18.0. The first-order valence-corrected chi connectivity index (χ1v) is 11.5. The van der Waals surface area contributed by atoms with E-state index in [1.807, 2.05) is 6.07 Å². The van der Waals surface area contributed by atoms with Gasteiger partial charge in [0.25, 0.3) is 0 Å². The van der Waals surface area contributed by atoms with Crippen LogP contribution in [-0.4, -0.2) is 29.9 Å². The first kappa shape index (κ1) is 22.1. The summed E-state index contributed by atoms with van der Waals surface area (Å²) in [6.45, 7) is 3.37. The van der Waals surface area contributed by atoms with Crippen LogP contribution in [0.4, 0.5) is 0 Å². The zero-order chi connectivity index (χ0) is 20.0. The number of carbonyl (C=O) groups excluding carboxylic acids is 1. The van der Waals surface area contributed by atoms with Crippen LogP contribution in [0.15, 0.2) is 45.9 Å². The van der Waals surface area contributed by atoms with E-state index in [0.717, 1.165) is 33.6 Å². The molecule has 0 aromatic carbocycles. The highest BCUT2D eigenvalue weighted by Gasteiger charge is 2.35. The summed E-state index contributed by atoms with van der Waals surface area (Å²) >= 11 is 6.55. The van der Waals surface area contributed by atoms with E-state index in [4.69, 9.17) is 0 Å². The van der Waals surface area contributed by atoms with Gasteiger partial charge in [0, 0.05) is 39.3 Å². The van der Waals surface area contributed by atoms with Crippen LogP contribution in [0.25, 0.3) is 0 Å². The van der Waals surface area contributed by atoms with Crippen molar-refractivity contribution in [2.24, 2.45) is 5.92 Å². The summed E-state index contributed by atoms with van der Waals surface area (Å²) in [5.41, 5.74) is 1.51. The molecular weight excluding hydrogens is 498 g/mol. The molecule has 1 saturated carbocycles. The van der Waals surface area contributed by atoms with E-state index in [-0.39, 0.29) is 6.04 Å². The summed E-state index contributed by atoms with van der Waals surface area (Å²) in [6, 6.07) is 3.49. The Balaban J connectivity index is 0.000000244. The molecule has 2 aromatic heterocycles. The normalized spacial score (nSPS) is 15.0. The molecule has 27 heavy (non-hydrogen) atoms. The molecule has 0 bridgehead atoms. The van der Waals surface area contributed by atoms with Crippen LogP contribution < -0.4 is 4.72 Å². The number of sulfonamides is 1. The molecule has 1 atom stereocenters. The Bertz CT molecular complexity index is 887. The number of carbonyl (C=O) groups is 1. The fourth-order valence-corrected chi connectivity index (χ4v) is 3.99. The molecule has 0 radical (unpaired) electrons. The first-order valence-electron chi connectivity index (χ1n) is 8.40. The molecule has 1 aliphatic rings. The van der Waals surface area contributed by atoms with Crippen molar-refractivity contribution in [2.45, 2.75) is 38.0 Å². The maximum atomic E-state index is 12.0. The third kappa shape index (κ3) is 7.06.